The third-order valence-corrected chi connectivity index (χ3v) is 4.13. The van der Waals surface area contributed by atoms with Crippen LogP contribution in [0.25, 0.3) is 0 Å². The SMILES string of the molecule is CC1CCN(C(=O)C2CCNC(=O)C2)C(CN)C1.Cl. The molecule has 2 fully saturated rings. The maximum atomic E-state index is 12.5. The average Bonchev–Trinajstić information content (AvgIpc) is 2.37. The Morgan fingerprint density at radius 1 is 1.47 bits per heavy atom. The Labute approximate surface area is 120 Å². The van der Waals surface area contributed by atoms with Crippen molar-refractivity contribution in [2.24, 2.45) is 17.6 Å². The summed E-state index contributed by atoms with van der Waals surface area (Å²) in [5, 5.41) is 2.77. The van der Waals surface area contributed by atoms with Gasteiger partial charge in [-0.1, -0.05) is 6.92 Å². The van der Waals surface area contributed by atoms with Crippen LogP contribution in [0.3, 0.4) is 0 Å². The van der Waals surface area contributed by atoms with Gasteiger partial charge in [-0.2, -0.15) is 0 Å². The molecule has 2 saturated heterocycles. The van der Waals surface area contributed by atoms with E-state index >= 15 is 0 Å². The topological polar surface area (TPSA) is 75.4 Å². The second kappa shape index (κ2) is 7.10. The van der Waals surface area contributed by atoms with Gasteiger partial charge in [-0.05, 0) is 25.2 Å². The molecule has 0 radical (unpaired) electrons. The average molecular weight is 290 g/mol. The first-order valence-corrected chi connectivity index (χ1v) is 6.89. The summed E-state index contributed by atoms with van der Waals surface area (Å²) in [6.45, 7) is 4.14. The molecule has 0 aromatic carbocycles. The van der Waals surface area contributed by atoms with Crippen LogP contribution < -0.4 is 11.1 Å². The number of nitrogens with two attached hydrogens (primary N) is 1. The molecule has 0 bridgehead atoms. The van der Waals surface area contributed by atoms with Crippen LogP contribution >= 0.6 is 12.4 Å². The van der Waals surface area contributed by atoms with E-state index in [1.54, 1.807) is 0 Å². The van der Waals surface area contributed by atoms with E-state index in [-0.39, 0.29) is 36.2 Å². The molecule has 6 heteroatoms. The molecule has 19 heavy (non-hydrogen) atoms. The highest BCUT2D eigenvalue weighted by Gasteiger charge is 2.34. The lowest BCUT2D eigenvalue weighted by molar-refractivity contribution is -0.143. The van der Waals surface area contributed by atoms with Gasteiger partial charge in [-0.3, -0.25) is 9.59 Å². The summed E-state index contributed by atoms with van der Waals surface area (Å²) < 4.78 is 0. The molecule has 5 nitrogen and oxygen atoms in total. The van der Waals surface area contributed by atoms with Crippen LogP contribution in [-0.2, 0) is 9.59 Å². The van der Waals surface area contributed by atoms with Crippen molar-refractivity contribution in [3.05, 3.63) is 0 Å². The van der Waals surface area contributed by atoms with E-state index < -0.39 is 0 Å². The number of carbonyl (C=O) groups is 2. The minimum Gasteiger partial charge on any atom is -0.356 e. The van der Waals surface area contributed by atoms with Gasteiger partial charge in [-0.25, -0.2) is 0 Å². The molecule has 110 valence electrons. The van der Waals surface area contributed by atoms with Gasteiger partial charge in [0.25, 0.3) is 0 Å². The quantitative estimate of drug-likeness (QED) is 0.778. The molecule has 3 N–H and O–H groups in total. The van der Waals surface area contributed by atoms with Gasteiger partial charge >= 0.3 is 0 Å². The standard InChI is InChI=1S/C13H23N3O2.ClH/c1-9-3-5-16(11(6-9)8-14)13(18)10-2-4-15-12(17)7-10;/h9-11H,2-8,14H2,1H3,(H,15,17);1H. The molecule has 2 amide bonds. The number of likely N-dealkylation sites (tertiary alicyclic amines) is 1. The summed E-state index contributed by atoms with van der Waals surface area (Å²) in [4.78, 5) is 25.7. The molecule has 2 aliphatic rings. The molecule has 2 heterocycles. The van der Waals surface area contributed by atoms with E-state index in [2.05, 4.69) is 12.2 Å². The lowest BCUT2D eigenvalue weighted by atomic mass is 9.89. The Morgan fingerprint density at radius 2 is 2.21 bits per heavy atom. The van der Waals surface area contributed by atoms with Gasteiger partial charge < -0.3 is 16.0 Å². The predicted molar refractivity (Wildman–Crippen MR) is 75.9 cm³/mol. The van der Waals surface area contributed by atoms with Crippen molar-refractivity contribution in [1.82, 2.24) is 10.2 Å². The molecule has 0 saturated carbocycles. The number of halogens is 1. The number of piperidine rings is 2. The zero-order valence-electron chi connectivity index (χ0n) is 11.4. The van der Waals surface area contributed by atoms with Crippen LogP contribution in [0, 0.1) is 11.8 Å². The molecule has 2 rings (SSSR count). The van der Waals surface area contributed by atoms with Crippen molar-refractivity contribution < 1.29 is 9.59 Å². The summed E-state index contributed by atoms with van der Waals surface area (Å²) >= 11 is 0. The number of hydrogen-bond acceptors (Lipinski definition) is 3. The lowest BCUT2D eigenvalue weighted by Gasteiger charge is -2.40. The highest BCUT2D eigenvalue weighted by molar-refractivity contribution is 5.87. The zero-order valence-corrected chi connectivity index (χ0v) is 12.2. The maximum Gasteiger partial charge on any atom is 0.226 e. The summed E-state index contributed by atoms with van der Waals surface area (Å²) in [5.41, 5.74) is 5.78. The largest absolute Gasteiger partial charge is 0.356 e. The highest BCUT2D eigenvalue weighted by atomic mass is 35.5. The fourth-order valence-electron chi connectivity index (χ4n) is 2.99. The minimum absolute atomic E-state index is 0. The van der Waals surface area contributed by atoms with Gasteiger partial charge in [0.2, 0.25) is 11.8 Å². The van der Waals surface area contributed by atoms with E-state index in [1.807, 2.05) is 4.90 Å². The minimum atomic E-state index is -0.138. The molecule has 0 spiro atoms. The number of nitrogens with zero attached hydrogens (tertiary/aromatic N) is 1. The van der Waals surface area contributed by atoms with Crippen molar-refractivity contribution in [2.75, 3.05) is 19.6 Å². The second-order valence-corrected chi connectivity index (χ2v) is 5.59. The van der Waals surface area contributed by atoms with Crippen molar-refractivity contribution in [3.8, 4) is 0 Å². The molecule has 3 unspecified atom stereocenters. The maximum absolute atomic E-state index is 12.5. The van der Waals surface area contributed by atoms with Crippen LogP contribution in [0.15, 0.2) is 0 Å². The van der Waals surface area contributed by atoms with E-state index in [1.165, 1.54) is 0 Å². The third-order valence-electron chi connectivity index (χ3n) is 4.13. The van der Waals surface area contributed by atoms with Crippen LogP contribution in [0.1, 0.15) is 32.6 Å². The summed E-state index contributed by atoms with van der Waals surface area (Å²) in [5.74, 6) is 0.625. The zero-order chi connectivity index (χ0) is 13.1. The molecule has 0 aromatic rings. The summed E-state index contributed by atoms with van der Waals surface area (Å²) in [6.07, 6.45) is 3.12. The molecule has 0 aliphatic carbocycles. The Morgan fingerprint density at radius 3 is 2.84 bits per heavy atom. The molecule has 2 aliphatic heterocycles. The number of hydrogen-bond donors (Lipinski definition) is 2. The first-order chi connectivity index (χ1) is 8.61. The van der Waals surface area contributed by atoms with Gasteiger partial charge in [0, 0.05) is 38.0 Å². The lowest BCUT2D eigenvalue weighted by Crippen LogP contribution is -2.52. The smallest absolute Gasteiger partial charge is 0.226 e. The third kappa shape index (κ3) is 3.83. The summed E-state index contributed by atoms with van der Waals surface area (Å²) in [6, 6.07) is 0.159. The number of rotatable bonds is 2. The van der Waals surface area contributed by atoms with Gasteiger partial charge in [0.1, 0.15) is 0 Å². The van der Waals surface area contributed by atoms with E-state index in [0.29, 0.717) is 25.4 Å². The molecule has 3 atom stereocenters. The van der Waals surface area contributed by atoms with Gasteiger partial charge in [-0.15, -0.1) is 12.4 Å². The fourth-order valence-corrected chi connectivity index (χ4v) is 2.99. The van der Waals surface area contributed by atoms with Crippen LogP contribution in [-0.4, -0.2) is 42.4 Å². The normalized spacial score (nSPS) is 31.4. The van der Waals surface area contributed by atoms with E-state index in [0.717, 1.165) is 25.8 Å². The fraction of sp³-hybridized carbons (Fsp3) is 0.846. The highest BCUT2D eigenvalue weighted by Crippen LogP contribution is 2.25. The van der Waals surface area contributed by atoms with Crippen molar-refractivity contribution in [3.63, 3.8) is 0 Å². The van der Waals surface area contributed by atoms with Gasteiger partial charge in [0.05, 0.1) is 0 Å². The monoisotopic (exact) mass is 289 g/mol. The Kier molecular flexibility index (Phi) is 6.07. The second-order valence-electron chi connectivity index (χ2n) is 5.59. The van der Waals surface area contributed by atoms with Crippen LogP contribution in [0.4, 0.5) is 0 Å². The van der Waals surface area contributed by atoms with Crippen molar-refractivity contribution in [2.45, 2.75) is 38.6 Å². The van der Waals surface area contributed by atoms with Crippen molar-refractivity contribution in [1.29, 1.82) is 0 Å². The Bertz CT molecular complexity index is 338. The number of amides is 2. The molecule has 0 aromatic heterocycles. The first kappa shape index (κ1) is 16.2. The molecular formula is C13H24ClN3O2. The number of nitrogens with one attached hydrogen (secondary N) is 1. The van der Waals surface area contributed by atoms with Gasteiger partial charge in [0.15, 0.2) is 0 Å². The van der Waals surface area contributed by atoms with E-state index in [4.69, 9.17) is 5.73 Å². The van der Waals surface area contributed by atoms with E-state index in [9.17, 15) is 9.59 Å². The Hall–Kier alpha value is -0.810. The summed E-state index contributed by atoms with van der Waals surface area (Å²) in [7, 11) is 0. The Balaban J connectivity index is 0.00000180. The van der Waals surface area contributed by atoms with Crippen molar-refractivity contribution >= 4 is 24.2 Å². The van der Waals surface area contributed by atoms with Crippen LogP contribution in [0.2, 0.25) is 0 Å². The predicted octanol–water partition coefficient (Wildman–Crippen LogP) is 0.520. The number of carbonyl (C=O) groups excluding carboxylic acids is 2. The first-order valence-electron chi connectivity index (χ1n) is 6.89. The van der Waals surface area contributed by atoms with Crippen LogP contribution in [0.5, 0.6) is 0 Å². The molecular weight excluding hydrogens is 266 g/mol.